The molecule has 16 heavy (non-hydrogen) atoms. The van der Waals surface area contributed by atoms with Gasteiger partial charge in [0.15, 0.2) is 0 Å². The molecule has 0 bridgehead atoms. The number of nitrogens with zero attached hydrogens (tertiary/aromatic N) is 2. The van der Waals surface area contributed by atoms with Crippen LogP contribution in [0, 0.1) is 12.3 Å². The van der Waals surface area contributed by atoms with Crippen LogP contribution in [-0.4, -0.2) is 21.0 Å². The minimum absolute atomic E-state index is 0.0938. The molecule has 2 aromatic rings. The third kappa shape index (κ3) is 2.17. The van der Waals surface area contributed by atoms with Crippen LogP contribution >= 0.6 is 0 Å². The van der Waals surface area contributed by atoms with Crippen LogP contribution in [0.1, 0.15) is 11.4 Å². The van der Waals surface area contributed by atoms with Gasteiger partial charge in [-0.05, 0) is 13.0 Å². The molecule has 0 atom stereocenters. The summed E-state index contributed by atoms with van der Waals surface area (Å²) in [5.74, 6) is 0.702. The summed E-state index contributed by atoms with van der Waals surface area (Å²) in [5.41, 5.74) is 6.60. The first-order valence-electron chi connectivity index (χ1n) is 4.66. The second-order valence-electron chi connectivity index (χ2n) is 3.27. The van der Waals surface area contributed by atoms with Crippen LogP contribution in [0.15, 0.2) is 24.3 Å². The Balaban J connectivity index is 2.21. The van der Waals surface area contributed by atoms with Crippen molar-refractivity contribution in [3.63, 3.8) is 0 Å². The predicted octanol–water partition coefficient (Wildman–Crippen LogP) is 1.19. The van der Waals surface area contributed by atoms with Gasteiger partial charge in [-0.3, -0.25) is 10.5 Å². The number of pyridine rings is 1. The Kier molecular flexibility index (Phi) is 2.55. The van der Waals surface area contributed by atoms with Crippen molar-refractivity contribution in [2.75, 3.05) is 0 Å². The summed E-state index contributed by atoms with van der Waals surface area (Å²) in [5, 5.41) is 13.9. The second kappa shape index (κ2) is 4.01. The van der Waals surface area contributed by atoms with Gasteiger partial charge in [0.25, 0.3) is 0 Å². The fraction of sp³-hybridized carbons (Fsp3) is 0.100. The maximum absolute atomic E-state index is 7.25. The number of hydrogen-bond donors (Lipinski definition) is 3. The Morgan fingerprint density at radius 3 is 2.88 bits per heavy atom. The van der Waals surface area contributed by atoms with E-state index < -0.39 is 0 Å². The Morgan fingerprint density at radius 1 is 1.44 bits per heavy atom. The molecule has 0 radical (unpaired) electrons. The van der Waals surface area contributed by atoms with E-state index in [-0.39, 0.29) is 5.84 Å². The monoisotopic (exact) mass is 217 g/mol. The minimum Gasteiger partial charge on any atom is -0.419 e. The smallest absolute Gasteiger partial charge is 0.240 e. The van der Waals surface area contributed by atoms with Crippen LogP contribution in [-0.2, 0) is 0 Å². The molecule has 0 aromatic carbocycles. The van der Waals surface area contributed by atoms with Crippen molar-refractivity contribution < 1.29 is 4.74 Å². The molecule has 0 spiro atoms. The van der Waals surface area contributed by atoms with Gasteiger partial charge in [0.1, 0.15) is 11.5 Å². The molecular formula is C10H11N5O. The number of aromatic nitrogens is 3. The van der Waals surface area contributed by atoms with E-state index in [2.05, 4.69) is 15.2 Å². The van der Waals surface area contributed by atoms with Gasteiger partial charge in [-0.25, -0.2) is 4.98 Å². The van der Waals surface area contributed by atoms with Crippen molar-refractivity contribution in [3.05, 3.63) is 35.7 Å². The third-order valence-corrected chi connectivity index (χ3v) is 1.89. The normalized spacial score (nSPS) is 10.1. The molecule has 0 saturated carbocycles. The first-order valence-corrected chi connectivity index (χ1v) is 4.66. The molecule has 0 aliphatic carbocycles. The van der Waals surface area contributed by atoms with E-state index in [4.69, 9.17) is 15.9 Å². The number of aromatic amines is 1. The van der Waals surface area contributed by atoms with Gasteiger partial charge >= 0.3 is 0 Å². The van der Waals surface area contributed by atoms with Gasteiger partial charge in [-0.1, -0.05) is 6.07 Å². The van der Waals surface area contributed by atoms with Crippen LogP contribution in [0.3, 0.4) is 0 Å². The molecule has 6 nitrogen and oxygen atoms in total. The maximum Gasteiger partial charge on any atom is 0.240 e. The van der Waals surface area contributed by atoms with Crippen LogP contribution in [0.2, 0.25) is 0 Å². The third-order valence-electron chi connectivity index (χ3n) is 1.89. The molecule has 2 rings (SSSR count). The average molecular weight is 217 g/mol. The predicted molar refractivity (Wildman–Crippen MR) is 58.7 cm³/mol. The van der Waals surface area contributed by atoms with Gasteiger partial charge in [0.2, 0.25) is 11.8 Å². The SMILES string of the molecule is Cc1cc(Oc2cccc(C(=N)N)n2)n[nH]1. The quantitative estimate of drug-likeness (QED) is 0.531. The lowest BCUT2D eigenvalue weighted by atomic mass is 10.3. The maximum atomic E-state index is 7.25. The van der Waals surface area contributed by atoms with Crippen molar-refractivity contribution in [1.29, 1.82) is 5.41 Å². The molecule has 0 aliphatic heterocycles. The number of nitrogens with two attached hydrogens (primary N) is 1. The highest BCUT2D eigenvalue weighted by atomic mass is 16.5. The first kappa shape index (κ1) is 10.2. The van der Waals surface area contributed by atoms with E-state index in [9.17, 15) is 0 Å². The molecular weight excluding hydrogens is 206 g/mol. The Bertz CT molecular complexity index is 519. The van der Waals surface area contributed by atoms with Crippen LogP contribution in [0.25, 0.3) is 0 Å². The van der Waals surface area contributed by atoms with E-state index in [1.54, 1.807) is 24.3 Å². The highest BCUT2D eigenvalue weighted by molar-refractivity contribution is 5.93. The van der Waals surface area contributed by atoms with E-state index in [1.165, 1.54) is 0 Å². The summed E-state index contributed by atoms with van der Waals surface area (Å²) in [6, 6.07) is 6.79. The lowest BCUT2D eigenvalue weighted by molar-refractivity contribution is 0.443. The molecule has 0 aliphatic rings. The zero-order chi connectivity index (χ0) is 11.5. The number of amidine groups is 1. The summed E-state index contributed by atoms with van der Waals surface area (Å²) >= 11 is 0. The number of H-pyrrole nitrogens is 1. The van der Waals surface area contributed by atoms with Crippen LogP contribution in [0.4, 0.5) is 0 Å². The molecule has 0 fully saturated rings. The standard InChI is InChI=1S/C10H11N5O/c1-6-5-9(15-14-6)16-8-4-2-3-7(13-8)10(11)12/h2-5H,1H3,(H3,11,12)(H,14,15). The number of nitrogens with one attached hydrogen (secondary N) is 2. The number of hydrogen-bond acceptors (Lipinski definition) is 4. The fourth-order valence-corrected chi connectivity index (χ4v) is 1.17. The zero-order valence-electron chi connectivity index (χ0n) is 8.69. The molecule has 2 heterocycles. The van der Waals surface area contributed by atoms with Crippen molar-refractivity contribution in [3.8, 4) is 11.8 Å². The van der Waals surface area contributed by atoms with E-state index in [0.29, 0.717) is 17.5 Å². The average Bonchev–Trinajstić information content (AvgIpc) is 2.64. The highest BCUT2D eigenvalue weighted by Gasteiger charge is 2.04. The molecule has 4 N–H and O–H groups in total. The lowest BCUT2D eigenvalue weighted by Gasteiger charge is -2.02. The molecule has 0 saturated heterocycles. The molecule has 0 amide bonds. The summed E-state index contributed by atoms with van der Waals surface area (Å²) < 4.78 is 5.38. The van der Waals surface area contributed by atoms with Crippen molar-refractivity contribution in [2.24, 2.45) is 5.73 Å². The van der Waals surface area contributed by atoms with E-state index >= 15 is 0 Å². The van der Waals surface area contributed by atoms with Gasteiger partial charge in [-0.2, -0.15) is 0 Å². The van der Waals surface area contributed by atoms with Crippen molar-refractivity contribution >= 4 is 5.84 Å². The highest BCUT2D eigenvalue weighted by Crippen LogP contribution is 2.17. The number of aryl methyl sites for hydroxylation is 1. The van der Waals surface area contributed by atoms with E-state index in [1.807, 2.05) is 6.92 Å². The topological polar surface area (TPSA) is 101 Å². The molecule has 6 heteroatoms. The van der Waals surface area contributed by atoms with Crippen molar-refractivity contribution in [1.82, 2.24) is 15.2 Å². The largest absolute Gasteiger partial charge is 0.419 e. The van der Waals surface area contributed by atoms with Gasteiger partial charge in [0.05, 0.1) is 0 Å². The lowest BCUT2D eigenvalue weighted by Crippen LogP contribution is -2.13. The first-order chi connectivity index (χ1) is 7.65. The summed E-state index contributed by atoms with van der Waals surface area (Å²) in [7, 11) is 0. The summed E-state index contributed by atoms with van der Waals surface area (Å²) in [6.45, 7) is 1.87. The van der Waals surface area contributed by atoms with Gasteiger partial charge < -0.3 is 10.5 Å². The Labute approximate surface area is 92.0 Å². The fourth-order valence-electron chi connectivity index (χ4n) is 1.17. The number of ether oxygens (including phenoxy) is 1. The van der Waals surface area contributed by atoms with E-state index in [0.717, 1.165) is 5.69 Å². The Hall–Kier alpha value is -2.37. The number of nitrogen functional groups attached to an aromatic ring is 1. The second-order valence-corrected chi connectivity index (χ2v) is 3.27. The molecule has 82 valence electrons. The van der Waals surface area contributed by atoms with Crippen molar-refractivity contribution in [2.45, 2.75) is 6.92 Å². The summed E-state index contributed by atoms with van der Waals surface area (Å²) in [4.78, 5) is 4.05. The number of rotatable bonds is 3. The van der Waals surface area contributed by atoms with Crippen LogP contribution in [0.5, 0.6) is 11.8 Å². The zero-order valence-corrected chi connectivity index (χ0v) is 8.69. The summed E-state index contributed by atoms with van der Waals surface area (Å²) in [6.07, 6.45) is 0. The minimum atomic E-state index is -0.0938. The Morgan fingerprint density at radius 2 is 2.25 bits per heavy atom. The van der Waals surface area contributed by atoms with Gasteiger partial charge in [0, 0.05) is 17.8 Å². The molecule has 2 aromatic heterocycles. The molecule has 0 unspecified atom stereocenters. The van der Waals surface area contributed by atoms with Gasteiger partial charge in [-0.15, -0.1) is 5.10 Å². The van der Waals surface area contributed by atoms with Crippen LogP contribution < -0.4 is 10.5 Å².